The number of hydrogen-bond donors (Lipinski definition) is 0. The van der Waals surface area contributed by atoms with Gasteiger partial charge in [0.25, 0.3) is 0 Å². The predicted octanol–water partition coefficient (Wildman–Crippen LogP) is 13.5. The number of aryl methyl sites for hydroxylation is 2. The van der Waals surface area contributed by atoms with Crippen molar-refractivity contribution in [3.63, 3.8) is 0 Å². The quantitative estimate of drug-likeness (QED) is 0.129. The Bertz CT molecular complexity index is 1950. The van der Waals surface area contributed by atoms with E-state index in [-0.39, 0.29) is 45.1 Å². The molecule has 1 atom stereocenters. The van der Waals surface area contributed by atoms with E-state index in [1.165, 1.54) is 99.9 Å². The molecule has 0 fully saturated rings. The Morgan fingerprint density at radius 2 is 1.45 bits per heavy atom. The molecule has 1 aliphatic carbocycles. The second-order valence-electron chi connectivity index (χ2n) is 13.4. The van der Waals surface area contributed by atoms with Crippen LogP contribution in [0.25, 0.3) is 38.2 Å². The van der Waals surface area contributed by atoms with Crippen LogP contribution in [0.15, 0.2) is 113 Å². The van der Waals surface area contributed by atoms with E-state index in [2.05, 4.69) is 165 Å². The SMILES string of the molecule is CC(C)C1=CC2=C(c3cccc4ccccc34)C(C)SC2=[C-]1.Cc1cc2c(-c3ccc(C(C)(C)C)cc3)ccc(C)c2[cH-]1.Cl.Cl.[CH3-].[CH3-].[Si]=[Zr]. The Hall–Kier alpha value is -2.00. The van der Waals surface area contributed by atoms with E-state index in [9.17, 15) is 0 Å². The molecule has 0 N–H and O–H groups in total. The average molecular weight is 801 g/mol. The summed E-state index contributed by atoms with van der Waals surface area (Å²) in [5.41, 5.74) is 12.5. The molecule has 0 bridgehead atoms. The maximum absolute atomic E-state index is 3.61. The second kappa shape index (κ2) is 19.0. The van der Waals surface area contributed by atoms with Crippen LogP contribution in [-0.2, 0) is 28.8 Å². The van der Waals surface area contributed by atoms with Crippen LogP contribution >= 0.6 is 36.6 Å². The Morgan fingerprint density at radius 3 is 2.08 bits per heavy atom. The number of allylic oxidation sites excluding steroid dienone is 4. The third kappa shape index (κ3) is 9.66. The fourth-order valence-corrected chi connectivity index (χ4v) is 7.53. The van der Waals surface area contributed by atoms with Crippen LogP contribution in [0.4, 0.5) is 0 Å². The molecule has 0 nitrogen and oxygen atoms in total. The maximum atomic E-state index is 3.61. The minimum atomic E-state index is 0. The first-order chi connectivity index (χ1) is 21.5. The molecule has 2 aliphatic rings. The molecule has 0 spiro atoms. The zero-order valence-corrected chi connectivity index (χ0v) is 36.5. The Morgan fingerprint density at radius 1 is 0.816 bits per heavy atom. The molecule has 0 saturated carbocycles. The molecule has 5 aromatic rings. The third-order valence-corrected chi connectivity index (χ3v) is 9.95. The summed E-state index contributed by atoms with van der Waals surface area (Å²) in [7, 11) is 0. The summed E-state index contributed by atoms with van der Waals surface area (Å²) in [6.45, 7) is 21.0. The van der Waals surface area contributed by atoms with Crippen molar-refractivity contribution in [3.05, 3.63) is 156 Å². The molecule has 2 radical (unpaired) electrons. The number of thioether (sulfide) groups is 1. The van der Waals surface area contributed by atoms with Gasteiger partial charge in [0.1, 0.15) is 0 Å². The molecule has 1 heterocycles. The van der Waals surface area contributed by atoms with Gasteiger partial charge in [-0.25, -0.2) is 6.08 Å². The van der Waals surface area contributed by atoms with Gasteiger partial charge >= 0.3 is 30.2 Å². The fraction of sp³-hybridized carbons (Fsp3) is 0.250. The minimum absolute atomic E-state index is 0. The van der Waals surface area contributed by atoms with Crippen LogP contribution < -0.4 is 0 Å². The summed E-state index contributed by atoms with van der Waals surface area (Å²) in [6, 6.07) is 33.4. The number of rotatable bonds is 3. The second-order valence-corrected chi connectivity index (χ2v) is 14.8. The van der Waals surface area contributed by atoms with E-state index in [1.54, 1.807) is 0 Å². The van der Waals surface area contributed by atoms with Crippen LogP contribution in [0.1, 0.15) is 63.8 Å². The zero-order valence-electron chi connectivity index (χ0n) is 30.6. The molecule has 5 aromatic carbocycles. The van der Waals surface area contributed by atoms with E-state index in [4.69, 9.17) is 0 Å². The fourth-order valence-electron chi connectivity index (χ4n) is 6.33. The zero-order chi connectivity index (χ0) is 32.5. The van der Waals surface area contributed by atoms with Gasteiger partial charge in [-0.3, -0.25) is 0 Å². The van der Waals surface area contributed by atoms with Crippen molar-refractivity contribution in [3.8, 4) is 11.1 Å². The van der Waals surface area contributed by atoms with E-state index in [0.717, 1.165) is 0 Å². The number of halogens is 2. The number of hydrogen-bond acceptors (Lipinski definition) is 1. The molecule has 1 aliphatic heterocycles. The van der Waals surface area contributed by atoms with E-state index >= 15 is 0 Å². The number of fused-ring (bicyclic) bond motifs is 3. The Kier molecular flexibility index (Phi) is 17.5. The van der Waals surface area contributed by atoms with Crippen LogP contribution in [-0.4, -0.2) is 12.1 Å². The van der Waals surface area contributed by atoms with Gasteiger partial charge in [0.2, 0.25) is 0 Å². The first kappa shape index (κ1) is 45.0. The Labute approximate surface area is 330 Å². The topological polar surface area (TPSA) is 0 Å². The summed E-state index contributed by atoms with van der Waals surface area (Å²) in [5, 5.41) is 5.92. The standard InChI is InChI=1S/C21H19S.C21H23.2CH3.2ClH.Si.Zr/c1-13(2)16-11-19-20(12-16)22-14(3)21(19)18-10-6-8-15-7-4-5-9-17(15)18;1-14-12-19-15(2)6-11-18(20(19)13-14)16-7-9-17(10-8-16)21(3,4)5;;;;;;/h4-11,13-14H,1-3H3;6-13H,1-5H3;2*1H3;2*1H;;/q4*-1;;;;. The molecule has 0 aromatic heterocycles. The van der Waals surface area contributed by atoms with Crippen molar-refractivity contribution in [2.24, 2.45) is 5.92 Å². The van der Waals surface area contributed by atoms with Crippen molar-refractivity contribution in [1.29, 1.82) is 0 Å². The molecule has 258 valence electrons. The normalized spacial score (nSPS) is 14.5. The van der Waals surface area contributed by atoms with Crippen LogP contribution in [0.3, 0.4) is 0 Å². The van der Waals surface area contributed by atoms with Crippen LogP contribution in [0.5, 0.6) is 0 Å². The predicted molar refractivity (Wildman–Crippen MR) is 224 cm³/mol. The summed E-state index contributed by atoms with van der Waals surface area (Å²) in [5.74, 6) is 0.537. The number of benzene rings is 4. The van der Waals surface area contributed by atoms with Gasteiger partial charge in [0.05, 0.1) is 0 Å². The molecule has 7 rings (SSSR count). The molecule has 5 heteroatoms. The van der Waals surface area contributed by atoms with Gasteiger partial charge in [-0.2, -0.15) is 23.3 Å². The van der Waals surface area contributed by atoms with Crippen molar-refractivity contribution in [2.45, 2.75) is 66.1 Å². The van der Waals surface area contributed by atoms with Crippen molar-refractivity contribution < 1.29 is 23.3 Å². The van der Waals surface area contributed by atoms with Crippen molar-refractivity contribution in [2.75, 3.05) is 0 Å². The van der Waals surface area contributed by atoms with Gasteiger partial charge in [-0.05, 0) is 45.7 Å². The Balaban J connectivity index is 0.000000433. The molecule has 0 amide bonds. The average Bonchev–Trinajstić information content (AvgIpc) is 3.70. The summed E-state index contributed by atoms with van der Waals surface area (Å²) in [6.07, 6.45) is 5.97. The third-order valence-electron chi connectivity index (χ3n) is 8.81. The van der Waals surface area contributed by atoms with Gasteiger partial charge in [-0.1, -0.05) is 132 Å². The molecular formula is C44H50Cl2SSiZr-4. The molecule has 1 unspecified atom stereocenters. The van der Waals surface area contributed by atoms with E-state index < -0.39 is 0 Å². The molecule has 0 saturated heterocycles. The molecular weight excluding hydrogens is 751 g/mol. The summed E-state index contributed by atoms with van der Waals surface area (Å²) >= 11 is 3.30. The van der Waals surface area contributed by atoms with Gasteiger partial charge in [0.15, 0.2) is 0 Å². The summed E-state index contributed by atoms with van der Waals surface area (Å²) in [4.78, 5) is 1.33. The van der Waals surface area contributed by atoms with Gasteiger partial charge in [0, 0.05) is 5.25 Å². The molecule has 49 heavy (non-hydrogen) atoms. The van der Waals surface area contributed by atoms with Gasteiger partial charge < -0.3 is 14.9 Å². The van der Waals surface area contributed by atoms with Crippen molar-refractivity contribution >= 4 is 70.6 Å². The van der Waals surface area contributed by atoms with Crippen LogP contribution in [0, 0.1) is 40.7 Å². The first-order valence-electron chi connectivity index (χ1n) is 15.8. The summed E-state index contributed by atoms with van der Waals surface area (Å²) < 4.78 is 0. The monoisotopic (exact) mass is 798 g/mol. The first-order valence-corrected chi connectivity index (χ1v) is 20.9. The van der Waals surface area contributed by atoms with Gasteiger partial charge in [-0.15, -0.1) is 75.5 Å². The van der Waals surface area contributed by atoms with Crippen LogP contribution in [0.2, 0.25) is 0 Å². The van der Waals surface area contributed by atoms with E-state index in [0.29, 0.717) is 11.2 Å². The van der Waals surface area contributed by atoms with Crippen molar-refractivity contribution in [1.82, 2.24) is 0 Å². The van der Waals surface area contributed by atoms with E-state index in [1.807, 2.05) is 11.8 Å².